The van der Waals surface area contributed by atoms with Crippen molar-refractivity contribution in [2.75, 3.05) is 18.4 Å². The van der Waals surface area contributed by atoms with Crippen LogP contribution in [0, 0.1) is 12.7 Å². The van der Waals surface area contributed by atoms with Crippen LogP contribution in [0.5, 0.6) is 0 Å². The third kappa shape index (κ3) is 5.20. The Morgan fingerprint density at radius 3 is 2.50 bits per heavy atom. The fourth-order valence-corrected chi connectivity index (χ4v) is 2.12. The number of hydrogen-bond donors (Lipinski definition) is 2. The highest BCUT2D eigenvalue weighted by molar-refractivity contribution is 5.76. The normalized spacial score (nSPS) is 10.3. The lowest BCUT2D eigenvalue weighted by atomic mass is 10.1. The van der Waals surface area contributed by atoms with Crippen LogP contribution in [0.1, 0.15) is 17.5 Å². The molecule has 0 heterocycles. The van der Waals surface area contributed by atoms with Gasteiger partial charge in [-0.15, -0.1) is 0 Å². The van der Waals surface area contributed by atoms with Crippen molar-refractivity contribution in [3.8, 4) is 0 Å². The fourth-order valence-electron chi connectivity index (χ4n) is 2.12. The van der Waals surface area contributed by atoms with E-state index in [9.17, 15) is 9.18 Å². The first-order chi connectivity index (χ1) is 10.6. The van der Waals surface area contributed by atoms with E-state index in [0.29, 0.717) is 31.5 Å². The molecule has 2 aromatic carbocycles. The van der Waals surface area contributed by atoms with Crippen LogP contribution < -0.4 is 10.6 Å². The minimum absolute atomic E-state index is 0.0315. The van der Waals surface area contributed by atoms with Crippen molar-refractivity contribution in [2.24, 2.45) is 0 Å². The summed E-state index contributed by atoms with van der Waals surface area (Å²) in [6, 6.07) is 14.7. The second-order valence-electron chi connectivity index (χ2n) is 5.23. The van der Waals surface area contributed by atoms with Crippen molar-refractivity contribution < 1.29 is 9.18 Å². The lowest BCUT2D eigenvalue weighted by molar-refractivity contribution is -0.120. The monoisotopic (exact) mass is 300 g/mol. The van der Waals surface area contributed by atoms with Crippen LogP contribution in [0.3, 0.4) is 0 Å². The van der Waals surface area contributed by atoms with E-state index in [1.165, 1.54) is 11.6 Å². The molecule has 0 aromatic heterocycles. The molecule has 0 fully saturated rings. The summed E-state index contributed by atoms with van der Waals surface area (Å²) in [5, 5.41) is 6.01. The van der Waals surface area contributed by atoms with Crippen molar-refractivity contribution in [1.29, 1.82) is 0 Å². The van der Waals surface area contributed by atoms with Crippen molar-refractivity contribution in [3.05, 3.63) is 65.5 Å². The summed E-state index contributed by atoms with van der Waals surface area (Å²) in [5.41, 5.74) is 2.83. The van der Waals surface area contributed by atoms with Gasteiger partial charge in [0.15, 0.2) is 0 Å². The van der Waals surface area contributed by atoms with E-state index in [2.05, 4.69) is 10.6 Å². The molecule has 116 valence electrons. The van der Waals surface area contributed by atoms with Crippen LogP contribution in [0.4, 0.5) is 10.1 Å². The molecular weight excluding hydrogens is 279 g/mol. The average Bonchev–Trinajstić information content (AvgIpc) is 2.51. The summed E-state index contributed by atoms with van der Waals surface area (Å²) in [6.45, 7) is 3.06. The molecule has 3 nitrogen and oxygen atoms in total. The minimum Gasteiger partial charge on any atom is -0.385 e. The molecular formula is C18H21FN2O. The largest absolute Gasteiger partial charge is 0.385 e. The Balaban J connectivity index is 1.64. The topological polar surface area (TPSA) is 41.1 Å². The van der Waals surface area contributed by atoms with Crippen LogP contribution in [0.25, 0.3) is 0 Å². The summed E-state index contributed by atoms with van der Waals surface area (Å²) in [7, 11) is 0. The van der Waals surface area contributed by atoms with Gasteiger partial charge in [0.25, 0.3) is 0 Å². The highest BCUT2D eigenvalue weighted by atomic mass is 19.1. The van der Waals surface area contributed by atoms with Gasteiger partial charge in [0.05, 0.1) is 0 Å². The Kier molecular flexibility index (Phi) is 5.95. The van der Waals surface area contributed by atoms with Gasteiger partial charge in [-0.1, -0.05) is 35.9 Å². The molecule has 0 radical (unpaired) electrons. The third-order valence-corrected chi connectivity index (χ3v) is 3.41. The zero-order valence-corrected chi connectivity index (χ0v) is 12.7. The molecule has 0 spiro atoms. The second-order valence-corrected chi connectivity index (χ2v) is 5.23. The molecule has 0 aliphatic heterocycles. The Bertz CT molecular complexity index is 611. The van der Waals surface area contributed by atoms with Crippen LogP contribution in [0.2, 0.25) is 0 Å². The SMILES string of the molecule is Cc1ccc(NCCC(=O)NCCc2ccccc2F)cc1. The first-order valence-corrected chi connectivity index (χ1v) is 7.46. The third-order valence-electron chi connectivity index (χ3n) is 3.41. The van der Waals surface area contributed by atoms with Gasteiger partial charge in [-0.05, 0) is 37.1 Å². The summed E-state index contributed by atoms with van der Waals surface area (Å²) < 4.78 is 13.4. The number of amides is 1. The Labute approximate surface area is 130 Å². The first kappa shape index (κ1) is 16.0. The van der Waals surface area contributed by atoms with Gasteiger partial charge < -0.3 is 10.6 Å². The van der Waals surface area contributed by atoms with Crippen LogP contribution in [-0.2, 0) is 11.2 Å². The molecule has 2 aromatic rings. The van der Waals surface area contributed by atoms with E-state index in [1.54, 1.807) is 18.2 Å². The number of nitrogens with one attached hydrogen (secondary N) is 2. The minimum atomic E-state index is -0.224. The number of benzene rings is 2. The molecule has 0 saturated heterocycles. The van der Waals surface area contributed by atoms with Crippen LogP contribution in [-0.4, -0.2) is 19.0 Å². The smallest absolute Gasteiger partial charge is 0.221 e. The number of hydrogen-bond acceptors (Lipinski definition) is 2. The fraction of sp³-hybridized carbons (Fsp3) is 0.278. The van der Waals surface area contributed by atoms with Crippen molar-refractivity contribution >= 4 is 11.6 Å². The molecule has 1 amide bonds. The molecule has 0 unspecified atom stereocenters. The summed E-state index contributed by atoms with van der Waals surface area (Å²) in [5.74, 6) is -0.256. The molecule has 0 aliphatic rings. The van der Waals surface area contributed by atoms with E-state index < -0.39 is 0 Å². The van der Waals surface area contributed by atoms with Gasteiger partial charge in [0.2, 0.25) is 5.91 Å². The number of carbonyl (C=O) groups is 1. The standard InChI is InChI=1S/C18H21FN2O/c1-14-6-8-16(9-7-14)20-13-11-18(22)21-12-10-15-4-2-3-5-17(15)19/h2-9,20H,10-13H2,1H3,(H,21,22). The van der Waals surface area contributed by atoms with Gasteiger partial charge in [-0.3, -0.25) is 4.79 Å². The number of carbonyl (C=O) groups excluding carboxylic acids is 1. The van der Waals surface area contributed by atoms with E-state index in [1.807, 2.05) is 31.2 Å². The maximum Gasteiger partial charge on any atom is 0.221 e. The highest BCUT2D eigenvalue weighted by Crippen LogP contribution is 2.08. The van der Waals surface area contributed by atoms with Gasteiger partial charge in [-0.25, -0.2) is 4.39 Å². The lowest BCUT2D eigenvalue weighted by Crippen LogP contribution is -2.27. The highest BCUT2D eigenvalue weighted by Gasteiger charge is 2.03. The maximum absolute atomic E-state index is 13.4. The van der Waals surface area contributed by atoms with Crippen molar-refractivity contribution in [1.82, 2.24) is 5.32 Å². The van der Waals surface area contributed by atoms with Gasteiger partial charge in [-0.2, -0.15) is 0 Å². The van der Waals surface area contributed by atoms with E-state index in [0.717, 1.165) is 5.69 Å². The molecule has 2 rings (SSSR count). The van der Waals surface area contributed by atoms with E-state index >= 15 is 0 Å². The lowest BCUT2D eigenvalue weighted by Gasteiger charge is -2.08. The van der Waals surface area contributed by atoms with E-state index in [4.69, 9.17) is 0 Å². The van der Waals surface area contributed by atoms with Crippen molar-refractivity contribution in [3.63, 3.8) is 0 Å². The summed E-state index contributed by atoms with van der Waals surface area (Å²) in [6.07, 6.45) is 0.898. The molecule has 0 aliphatic carbocycles. The predicted octanol–water partition coefficient (Wildman–Crippen LogP) is 3.30. The van der Waals surface area contributed by atoms with Gasteiger partial charge >= 0.3 is 0 Å². The van der Waals surface area contributed by atoms with Gasteiger partial charge in [0.1, 0.15) is 5.82 Å². The summed E-state index contributed by atoms with van der Waals surface area (Å²) >= 11 is 0. The zero-order chi connectivity index (χ0) is 15.8. The Hall–Kier alpha value is -2.36. The zero-order valence-electron chi connectivity index (χ0n) is 12.7. The van der Waals surface area contributed by atoms with Crippen LogP contribution in [0.15, 0.2) is 48.5 Å². The summed E-state index contributed by atoms with van der Waals surface area (Å²) in [4.78, 5) is 11.7. The molecule has 4 heteroatoms. The van der Waals surface area contributed by atoms with Gasteiger partial charge in [0, 0.05) is 25.2 Å². The van der Waals surface area contributed by atoms with Crippen molar-refractivity contribution in [2.45, 2.75) is 19.8 Å². The molecule has 22 heavy (non-hydrogen) atoms. The number of halogens is 1. The van der Waals surface area contributed by atoms with Crippen LogP contribution >= 0.6 is 0 Å². The average molecular weight is 300 g/mol. The molecule has 0 saturated carbocycles. The second kappa shape index (κ2) is 8.17. The first-order valence-electron chi connectivity index (χ1n) is 7.46. The Morgan fingerprint density at radius 1 is 1.05 bits per heavy atom. The molecule has 2 N–H and O–H groups in total. The van der Waals surface area contributed by atoms with E-state index in [-0.39, 0.29) is 11.7 Å². The Morgan fingerprint density at radius 2 is 1.77 bits per heavy atom. The molecule has 0 atom stereocenters. The number of anilines is 1. The predicted molar refractivity (Wildman–Crippen MR) is 87.4 cm³/mol. The number of aryl methyl sites for hydroxylation is 1. The quantitative estimate of drug-likeness (QED) is 0.824. The number of rotatable bonds is 7. The maximum atomic E-state index is 13.4. The molecule has 0 bridgehead atoms.